The molecule has 2 amide bonds. The number of carbonyl (C=O) groups is 2. The second-order valence-electron chi connectivity index (χ2n) is 5.93. The molecule has 3 N–H and O–H groups in total. The van der Waals surface area contributed by atoms with Crippen LogP contribution < -0.4 is 16.0 Å². The van der Waals surface area contributed by atoms with Crippen molar-refractivity contribution < 1.29 is 9.59 Å². The second-order valence-corrected chi connectivity index (χ2v) is 7.21. The van der Waals surface area contributed by atoms with E-state index < -0.39 is 5.91 Å². The van der Waals surface area contributed by atoms with Gasteiger partial charge in [-0.3, -0.25) is 14.9 Å². The fourth-order valence-corrected chi connectivity index (χ4v) is 3.25. The van der Waals surface area contributed by atoms with Crippen LogP contribution in [0.4, 0.5) is 11.4 Å². The number of hydrogen-bond donors (Lipinski definition) is 3. The van der Waals surface area contributed by atoms with Crippen LogP contribution in [-0.4, -0.2) is 16.9 Å². The molecule has 0 fully saturated rings. The van der Waals surface area contributed by atoms with Crippen molar-refractivity contribution >= 4 is 63.7 Å². The SMILES string of the molecule is O=C(NC(=S)Nc1ccccc1C(=O)Nc1ccccc1)c1cc(Cl)cc(Cl)c1. The van der Waals surface area contributed by atoms with E-state index in [0.29, 0.717) is 27.0 Å². The van der Waals surface area contributed by atoms with Crippen molar-refractivity contribution in [3.05, 3.63) is 94.0 Å². The highest BCUT2D eigenvalue weighted by Gasteiger charge is 2.14. The van der Waals surface area contributed by atoms with Crippen LogP contribution in [0.2, 0.25) is 10.0 Å². The Kier molecular flexibility index (Phi) is 6.82. The van der Waals surface area contributed by atoms with Gasteiger partial charge in [0.05, 0.1) is 11.3 Å². The summed E-state index contributed by atoms with van der Waals surface area (Å²) in [6.45, 7) is 0. The van der Waals surface area contributed by atoms with Crippen LogP contribution >= 0.6 is 35.4 Å². The van der Waals surface area contributed by atoms with Crippen molar-refractivity contribution in [2.24, 2.45) is 0 Å². The Balaban J connectivity index is 1.70. The van der Waals surface area contributed by atoms with Gasteiger partial charge in [-0.05, 0) is 54.7 Å². The van der Waals surface area contributed by atoms with Crippen LogP contribution in [-0.2, 0) is 0 Å². The second kappa shape index (κ2) is 9.52. The van der Waals surface area contributed by atoms with E-state index in [4.69, 9.17) is 35.4 Å². The molecule has 0 saturated heterocycles. The Bertz CT molecular complexity index is 1050. The molecule has 3 aromatic carbocycles. The minimum Gasteiger partial charge on any atom is -0.332 e. The van der Waals surface area contributed by atoms with Crippen LogP contribution in [0.15, 0.2) is 72.8 Å². The summed E-state index contributed by atoms with van der Waals surface area (Å²) in [7, 11) is 0. The van der Waals surface area contributed by atoms with Crippen molar-refractivity contribution in [1.82, 2.24) is 5.32 Å². The van der Waals surface area contributed by atoms with Gasteiger partial charge in [0, 0.05) is 21.3 Å². The summed E-state index contributed by atoms with van der Waals surface area (Å²) in [5, 5.41) is 8.95. The predicted octanol–water partition coefficient (Wildman–Crippen LogP) is 5.37. The maximum atomic E-state index is 12.6. The lowest BCUT2D eigenvalue weighted by Gasteiger charge is -2.14. The molecule has 29 heavy (non-hydrogen) atoms. The largest absolute Gasteiger partial charge is 0.332 e. The van der Waals surface area contributed by atoms with Gasteiger partial charge in [-0.2, -0.15) is 0 Å². The number of halogens is 2. The van der Waals surface area contributed by atoms with Crippen molar-refractivity contribution in [2.75, 3.05) is 10.6 Å². The fourth-order valence-electron chi connectivity index (χ4n) is 2.52. The number of nitrogens with one attached hydrogen (secondary N) is 3. The quantitative estimate of drug-likeness (QED) is 0.473. The average molecular weight is 444 g/mol. The summed E-state index contributed by atoms with van der Waals surface area (Å²) in [5.41, 5.74) is 1.76. The fraction of sp³-hybridized carbons (Fsp3) is 0. The van der Waals surface area contributed by atoms with Crippen molar-refractivity contribution in [1.29, 1.82) is 0 Å². The Labute approximate surface area is 183 Å². The molecule has 0 unspecified atom stereocenters. The van der Waals surface area contributed by atoms with E-state index in [1.807, 2.05) is 18.2 Å². The van der Waals surface area contributed by atoms with Gasteiger partial charge in [-0.1, -0.05) is 53.5 Å². The molecule has 3 aromatic rings. The maximum absolute atomic E-state index is 12.6. The third-order valence-electron chi connectivity index (χ3n) is 3.80. The number of benzene rings is 3. The lowest BCUT2D eigenvalue weighted by Crippen LogP contribution is -2.34. The minimum atomic E-state index is -0.474. The third-order valence-corrected chi connectivity index (χ3v) is 4.44. The van der Waals surface area contributed by atoms with Crippen LogP contribution in [0.3, 0.4) is 0 Å². The van der Waals surface area contributed by atoms with Gasteiger partial charge in [-0.25, -0.2) is 0 Å². The minimum absolute atomic E-state index is 0.0334. The van der Waals surface area contributed by atoms with E-state index in [-0.39, 0.29) is 16.6 Å². The summed E-state index contributed by atoms with van der Waals surface area (Å²) >= 11 is 17.1. The first-order chi connectivity index (χ1) is 13.9. The molecule has 3 rings (SSSR count). The lowest BCUT2D eigenvalue weighted by atomic mass is 10.1. The van der Waals surface area contributed by atoms with E-state index in [1.165, 1.54) is 18.2 Å². The van der Waals surface area contributed by atoms with Crippen molar-refractivity contribution in [3.63, 3.8) is 0 Å². The molecule has 0 saturated carbocycles. The molecule has 5 nitrogen and oxygen atoms in total. The summed E-state index contributed by atoms with van der Waals surface area (Å²) in [4.78, 5) is 25.0. The number of anilines is 2. The number of thiocarbonyl (C=S) groups is 1. The van der Waals surface area contributed by atoms with Gasteiger partial charge in [0.2, 0.25) is 0 Å². The summed E-state index contributed by atoms with van der Waals surface area (Å²) in [6.07, 6.45) is 0. The summed E-state index contributed by atoms with van der Waals surface area (Å²) < 4.78 is 0. The molecule has 146 valence electrons. The standard InChI is InChI=1S/C21H15Cl2N3O2S/c22-14-10-13(11-15(23)12-14)19(27)26-21(29)25-18-9-5-4-8-17(18)20(28)24-16-6-2-1-3-7-16/h1-12H,(H,24,28)(H2,25,26,27,29). The van der Waals surface area contributed by atoms with Crippen LogP contribution in [0.5, 0.6) is 0 Å². The number of amides is 2. The third kappa shape index (κ3) is 5.77. The zero-order chi connectivity index (χ0) is 20.8. The van der Waals surface area contributed by atoms with Gasteiger partial charge in [-0.15, -0.1) is 0 Å². The number of rotatable bonds is 4. The van der Waals surface area contributed by atoms with Gasteiger partial charge in [0.1, 0.15) is 0 Å². The van der Waals surface area contributed by atoms with Crippen LogP contribution in [0, 0.1) is 0 Å². The monoisotopic (exact) mass is 443 g/mol. The Morgan fingerprint density at radius 3 is 2.07 bits per heavy atom. The summed E-state index contributed by atoms with van der Waals surface area (Å²) in [6, 6.07) is 20.4. The lowest BCUT2D eigenvalue weighted by molar-refractivity contribution is 0.0976. The normalized spacial score (nSPS) is 10.1. The smallest absolute Gasteiger partial charge is 0.257 e. The Hall–Kier alpha value is -2.93. The molecule has 0 spiro atoms. The molecule has 0 aliphatic heterocycles. The van der Waals surface area contributed by atoms with Gasteiger partial charge >= 0.3 is 0 Å². The van der Waals surface area contributed by atoms with Gasteiger partial charge in [0.25, 0.3) is 11.8 Å². The van der Waals surface area contributed by atoms with Crippen molar-refractivity contribution in [3.8, 4) is 0 Å². The first-order valence-electron chi connectivity index (χ1n) is 8.46. The van der Waals surface area contributed by atoms with Gasteiger partial charge in [0.15, 0.2) is 5.11 Å². The van der Waals surface area contributed by atoms with E-state index in [0.717, 1.165) is 0 Å². The Morgan fingerprint density at radius 2 is 1.38 bits per heavy atom. The molecule has 0 aromatic heterocycles. The van der Waals surface area contributed by atoms with Crippen molar-refractivity contribution in [2.45, 2.75) is 0 Å². The average Bonchev–Trinajstić information content (AvgIpc) is 2.68. The molecule has 0 atom stereocenters. The number of hydrogen-bond acceptors (Lipinski definition) is 3. The highest BCUT2D eigenvalue weighted by molar-refractivity contribution is 7.80. The predicted molar refractivity (Wildman–Crippen MR) is 121 cm³/mol. The molecular formula is C21H15Cl2N3O2S. The number of para-hydroxylation sites is 2. The van der Waals surface area contributed by atoms with E-state index in [9.17, 15) is 9.59 Å². The van der Waals surface area contributed by atoms with E-state index in [2.05, 4.69) is 16.0 Å². The van der Waals surface area contributed by atoms with E-state index >= 15 is 0 Å². The number of carbonyl (C=O) groups excluding carboxylic acids is 2. The van der Waals surface area contributed by atoms with Crippen LogP contribution in [0.25, 0.3) is 0 Å². The highest BCUT2D eigenvalue weighted by atomic mass is 35.5. The summed E-state index contributed by atoms with van der Waals surface area (Å²) in [5.74, 6) is -0.784. The zero-order valence-corrected chi connectivity index (χ0v) is 17.2. The highest BCUT2D eigenvalue weighted by Crippen LogP contribution is 2.20. The Morgan fingerprint density at radius 1 is 0.759 bits per heavy atom. The first-order valence-corrected chi connectivity index (χ1v) is 9.62. The molecule has 0 radical (unpaired) electrons. The topological polar surface area (TPSA) is 70.2 Å². The molecular weight excluding hydrogens is 429 g/mol. The van der Waals surface area contributed by atoms with Crippen LogP contribution in [0.1, 0.15) is 20.7 Å². The molecule has 0 aliphatic carbocycles. The molecule has 0 heterocycles. The molecule has 0 bridgehead atoms. The van der Waals surface area contributed by atoms with E-state index in [1.54, 1.807) is 36.4 Å². The molecule has 8 heteroatoms. The molecule has 0 aliphatic rings. The maximum Gasteiger partial charge on any atom is 0.257 e. The van der Waals surface area contributed by atoms with Gasteiger partial charge < -0.3 is 10.6 Å². The first kappa shape index (κ1) is 20.8. The zero-order valence-electron chi connectivity index (χ0n) is 14.9.